The quantitative estimate of drug-likeness (QED) is 0.664. The molecule has 0 amide bonds. The van der Waals surface area contributed by atoms with Crippen LogP contribution in [0.15, 0.2) is 30.3 Å². The molecule has 0 bridgehead atoms. The molecule has 0 aromatic heterocycles. The third kappa shape index (κ3) is 3.40. The second-order valence-corrected chi connectivity index (χ2v) is 6.04. The van der Waals surface area contributed by atoms with Crippen molar-refractivity contribution >= 4 is 23.2 Å². The minimum absolute atomic E-state index is 0.00243. The van der Waals surface area contributed by atoms with Crippen LogP contribution in [0.5, 0.6) is 0 Å². The Balaban J connectivity index is 2.87. The van der Waals surface area contributed by atoms with Crippen molar-refractivity contribution in [2.24, 2.45) is 5.41 Å². The first kappa shape index (κ1) is 13.9. The zero-order chi connectivity index (χ0) is 12.2. The van der Waals surface area contributed by atoms with Gasteiger partial charge in [0.25, 0.3) is 0 Å². The first-order valence-electron chi connectivity index (χ1n) is 5.61. The number of halogens is 2. The molecular weight excluding hydrogens is 239 g/mol. The Morgan fingerprint density at radius 1 is 0.938 bits per heavy atom. The van der Waals surface area contributed by atoms with E-state index in [4.69, 9.17) is 23.2 Å². The van der Waals surface area contributed by atoms with Gasteiger partial charge in [-0.1, -0.05) is 51.1 Å². The predicted octanol–water partition coefficient (Wildman–Crippen LogP) is 4.84. The zero-order valence-electron chi connectivity index (χ0n) is 10.3. The average Bonchev–Trinajstić information content (AvgIpc) is 2.29. The van der Waals surface area contributed by atoms with Crippen LogP contribution < -0.4 is 0 Å². The van der Waals surface area contributed by atoms with Crippen LogP contribution in [-0.4, -0.2) is 11.8 Å². The van der Waals surface area contributed by atoms with Gasteiger partial charge in [-0.15, -0.1) is 23.2 Å². The lowest BCUT2D eigenvalue weighted by Crippen LogP contribution is -2.31. The van der Waals surface area contributed by atoms with E-state index < -0.39 is 0 Å². The van der Waals surface area contributed by atoms with E-state index in [-0.39, 0.29) is 10.8 Å². The highest BCUT2D eigenvalue weighted by Crippen LogP contribution is 2.38. The maximum absolute atomic E-state index is 6.02. The van der Waals surface area contributed by atoms with Crippen molar-refractivity contribution in [1.82, 2.24) is 0 Å². The molecule has 0 aliphatic carbocycles. The first-order valence-corrected chi connectivity index (χ1v) is 6.68. The highest BCUT2D eigenvalue weighted by Gasteiger charge is 2.32. The monoisotopic (exact) mass is 258 g/mol. The van der Waals surface area contributed by atoms with E-state index in [2.05, 4.69) is 45.0 Å². The summed E-state index contributed by atoms with van der Waals surface area (Å²) in [4.78, 5) is 0. The van der Waals surface area contributed by atoms with Gasteiger partial charge in [-0.2, -0.15) is 0 Å². The summed E-state index contributed by atoms with van der Waals surface area (Å²) in [5.41, 5.74) is 1.46. The van der Waals surface area contributed by atoms with Gasteiger partial charge in [0, 0.05) is 11.8 Å². The molecule has 16 heavy (non-hydrogen) atoms. The summed E-state index contributed by atoms with van der Waals surface area (Å²) in [5, 5.41) is 0. The Labute approximate surface area is 109 Å². The van der Waals surface area contributed by atoms with Crippen LogP contribution in [0, 0.1) is 5.41 Å². The lowest BCUT2D eigenvalue weighted by molar-refractivity contribution is 0.292. The lowest BCUT2D eigenvalue weighted by Gasteiger charge is -2.35. The van der Waals surface area contributed by atoms with Gasteiger partial charge >= 0.3 is 0 Å². The van der Waals surface area contributed by atoms with Gasteiger partial charge in [0.05, 0.1) is 0 Å². The van der Waals surface area contributed by atoms with E-state index in [0.717, 1.165) is 6.42 Å². The molecule has 90 valence electrons. The van der Waals surface area contributed by atoms with E-state index >= 15 is 0 Å². The van der Waals surface area contributed by atoms with Gasteiger partial charge in [0.15, 0.2) is 0 Å². The molecule has 2 heteroatoms. The molecule has 0 N–H and O–H groups in total. The van der Waals surface area contributed by atoms with Crippen molar-refractivity contribution in [3.8, 4) is 0 Å². The third-order valence-corrected chi connectivity index (χ3v) is 4.36. The Hall–Kier alpha value is -0.200. The van der Waals surface area contributed by atoms with E-state index in [0.29, 0.717) is 11.8 Å². The summed E-state index contributed by atoms with van der Waals surface area (Å²) in [7, 11) is 0. The van der Waals surface area contributed by atoms with Crippen LogP contribution in [-0.2, 0) is 5.41 Å². The van der Waals surface area contributed by atoms with E-state index in [9.17, 15) is 0 Å². The predicted molar refractivity (Wildman–Crippen MR) is 73.6 cm³/mol. The molecule has 0 aliphatic rings. The van der Waals surface area contributed by atoms with Crippen molar-refractivity contribution in [2.75, 3.05) is 11.8 Å². The molecule has 0 aliphatic heterocycles. The molecule has 0 saturated heterocycles. The Bertz CT molecular complexity index is 313. The first-order chi connectivity index (χ1) is 7.43. The van der Waals surface area contributed by atoms with Crippen LogP contribution in [0.1, 0.15) is 32.8 Å². The largest absolute Gasteiger partial charge is 0.126 e. The van der Waals surface area contributed by atoms with Crippen LogP contribution in [0.3, 0.4) is 0 Å². The third-order valence-electron chi connectivity index (χ3n) is 3.07. The van der Waals surface area contributed by atoms with Crippen LogP contribution in [0.4, 0.5) is 0 Å². The van der Waals surface area contributed by atoms with E-state index in [1.165, 1.54) is 5.56 Å². The van der Waals surface area contributed by atoms with Gasteiger partial charge in [-0.25, -0.2) is 0 Å². The molecule has 0 unspecified atom stereocenters. The molecular formula is C14H20Cl2. The number of rotatable bonds is 5. The van der Waals surface area contributed by atoms with Gasteiger partial charge in [-0.3, -0.25) is 0 Å². The molecule has 0 atom stereocenters. The topological polar surface area (TPSA) is 0 Å². The number of benzene rings is 1. The van der Waals surface area contributed by atoms with Crippen molar-refractivity contribution in [2.45, 2.75) is 32.6 Å². The number of hydrogen-bond donors (Lipinski definition) is 0. The number of alkyl halides is 2. The minimum Gasteiger partial charge on any atom is -0.126 e. The standard InChI is InChI=1S/C14H20Cl2/c1-13(2,9-14(3,10-15)11-16)12-7-5-4-6-8-12/h4-8H,9-11H2,1-3H3. The van der Waals surface area contributed by atoms with Gasteiger partial charge < -0.3 is 0 Å². The second-order valence-electron chi connectivity index (χ2n) is 5.50. The lowest BCUT2D eigenvalue weighted by atomic mass is 9.72. The summed E-state index contributed by atoms with van der Waals surface area (Å²) in [6, 6.07) is 10.5. The molecule has 0 spiro atoms. The molecule has 1 rings (SSSR count). The van der Waals surface area contributed by atoms with Gasteiger partial charge in [0.2, 0.25) is 0 Å². The summed E-state index contributed by atoms with van der Waals surface area (Å²) in [5.74, 6) is 1.21. The van der Waals surface area contributed by atoms with Crippen molar-refractivity contribution in [1.29, 1.82) is 0 Å². The second kappa shape index (κ2) is 5.42. The molecule has 0 fully saturated rings. The Kier molecular flexibility index (Phi) is 4.70. The van der Waals surface area contributed by atoms with Crippen LogP contribution in [0.25, 0.3) is 0 Å². The Morgan fingerprint density at radius 2 is 1.44 bits per heavy atom. The SMILES string of the molecule is CC(CCl)(CCl)CC(C)(C)c1ccccc1. The van der Waals surface area contributed by atoms with E-state index in [1.54, 1.807) is 0 Å². The average molecular weight is 259 g/mol. The van der Waals surface area contributed by atoms with Crippen LogP contribution in [0.2, 0.25) is 0 Å². The molecule has 0 heterocycles. The van der Waals surface area contributed by atoms with Gasteiger partial charge in [-0.05, 0) is 22.8 Å². The van der Waals surface area contributed by atoms with Gasteiger partial charge in [0.1, 0.15) is 0 Å². The maximum Gasteiger partial charge on any atom is 0.0289 e. The molecule has 0 radical (unpaired) electrons. The minimum atomic E-state index is 0.00243. The summed E-state index contributed by atoms with van der Waals surface area (Å²) in [6.45, 7) is 6.65. The zero-order valence-corrected chi connectivity index (χ0v) is 11.8. The van der Waals surface area contributed by atoms with Crippen LogP contribution >= 0.6 is 23.2 Å². The molecule has 1 aromatic carbocycles. The maximum atomic E-state index is 6.02. The normalized spacial score (nSPS) is 12.8. The molecule has 1 aromatic rings. The summed E-state index contributed by atoms with van der Waals surface area (Å²) >= 11 is 12.0. The highest BCUT2D eigenvalue weighted by atomic mass is 35.5. The fourth-order valence-corrected chi connectivity index (χ4v) is 2.66. The summed E-state index contributed by atoms with van der Waals surface area (Å²) in [6.07, 6.45) is 0.997. The van der Waals surface area contributed by atoms with Crippen molar-refractivity contribution in [3.63, 3.8) is 0 Å². The molecule has 0 nitrogen and oxygen atoms in total. The smallest absolute Gasteiger partial charge is 0.0289 e. The fourth-order valence-electron chi connectivity index (χ4n) is 2.19. The summed E-state index contributed by atoms with van der Waals surface area (Å²) < 4.78 is 0. The van der Waals surface area contributed by atoms with Crippen molar-refractivity contribution < 1.29 is 0 Å². The van der Waals surface area contributed by atoms with E-state index in [1.807, 2.05) is 6.07 Å². The number of hydrogen-bond acceptors (Lipinski definition) is 0. The fraction of sp³-hybridized carbons (Fsp3) is 0.571. The Morgan fingerprint density at radius 3 is 1.88 bits per heavy atom. The van der Waals surface area contributed by atoms with Crippen molar-refractivity contribution in [3.05, 3.63) is 35.9 Å². The highest BCUT2D eigenvalue weighted by molar-refractivity contribution is 6.21. The molecule has 0 saturated carbocycles.